The molecule has 25 heavy (non-hydrogen) atoms. The fraction of sp³-hybridized carbons (Fsp3) is 0.381. The first kappa shape index (κ1) is 18.3. The number of carbonyl (C=O) groups is 1. The molecule has 0 aliphatic carbocycles. The van der Waals surface area contributed by atoms with Crippen molar-refractivity contribution in [1.29, 1.82) is 0 Å². The van der Waals surface area contributed by atoms with E-state index in [1.165, 1.54) is 11.1 Å². The maximum Gasteiger partial charge on any atom is 0.182 e. The second-order valence-electron chi connectivity index (χ2n) is 6.97. The molecule has 0 radical (unpaired) electrons. The first-order chi connectivity index (χ1) is 12.0. The molecule has 1 saturated heterocycles. The average molecular weight is 355 g/mol. The number of ether oxygens (including phenoxy) is 1. The minimum absolute atomic E-state index is 0.166. The maximum absolute atomic E-state index is 13.0. The normalized spacial score (nSPS) is 16.0. The highest BCUT2D eigenvalue weighted by Crippen LogP contribution is 2.25. The van der Waals surface area contributed by atoms with E-state index in [1.54, 1.807) is 0 Å². The minimum Gasteiger partial charge on any atom is -0.379 e. The Morgan fingerprint density at radius 2 is 1.52 bits per heavy atom. The van der Waals surface area contributed by atoms with Crippen molar-refractivity contribution >= 4 is 15.0 Å². The monoisotopic (exact) mass is 355 g/mol. The number of benzene rings is 2. The Balaban J connectivity index is 1.77. The molecule has 3 rings (SSSR count). The third kappa shape index (κ3) is 4.00. The van der Waals surface area contributed by atoms with Gasteiger partial charge in [-0.25, -0.2) is 0 Å². The van der Waals surface area contributed by atoms with E-state index in [-0.39, 0.29) is 5.78 Å². The van der Waals surface area contributed by atoms with Crippen molar-refractivity contribution in [3.8, 4) is 11.1 Å². The van der Waals surface area contributed by atoms with Crippen LogP contribution in [0.1, 0.15) is 29.8 Å². The topological polar surface area (TPSA) is 29.5 Å². The minimum atomic E-state index is -0.508. The van der Waals surface area contributed by atoms with E-state index in [0.717, 1.165) is 30.4 Å². The highest BCUT2D eigenvalue weighted by Gasteiger charge is 2.35. The Kier molecular flexibility index (Phi) is 5.68. The molecule has 2 aromatic carbocycles. The van der Waals surface area contributed by atoms with Crippen molar-refractivity contribution in [2.24, 2.45) is 0 Å². The van der Waals surface area contributed by atoms with Gasteiger partial charge in [0.25, 0.3) is 0 Å². The lowest BCUT2D eigenvalue weighted by atomic mass is 9.90. The molecule has 1 aliphatic heterocycles. The van der Waals surface area contributed by atoms with Crippen LogP contribution in [0.3, 0.4) is 0 Å². The van der Waals surface area contributed by atoms with Gasteiger partial charge in [-0.1, -0.05) is 48.5 Å². The fourth-order valence-electron chi connectivity index (χ4n) is 3.27. The predicted molar refractivity (Wildman–Crippen MR) is 106 cm³/mol. The van der Waals surface area contributed by atoms with E-state index < -0.39 is 5.54 Å². The molecule has 1 fully saturated rings. The number of rotatable bonds is 5. The second kappa shape index (κ2) is 7.78. The number of carbonyl (C=O) groups excluding carboxylic acids is 1. The van der Waals surface area contributed by atoms with Gasteiger partial charge in [0.1, 0.15) is 0 Å². The van der Waals surface area contributed by atoms with Crippen LogP contribution in [0.15, 0.2) is 48.5 Å². The summed E-state index contributed by atoms with van der Waals surface area (Å²) in [6, 6.07) is 16.5. The van der Waals surface area contributed by atoms with Crippen LogP contribution in [0.2, 0.25) is 0 Å². The highest BCUT2D eigenvalue weighted by atomic mass is 31.0. The van der Waals surface area contributed by atoms with Crippen molar-refractivity contribution in [3.05, 3.63) is 59.7 Å². The Labute approximate surface area is 152 Å². The summed E-state index contributed by atoms with van der Waals surface area (Å²) in [5.41, 5.74) is 3.87. The quantitative estimate of drug-likeness (QED) is 0.599. The van der Waals surface area contributed by atoms with Gasteiger partial charge in [-0.2, -0.15) is 0 Å². The molecule has 1 aliphatic rings. The van der Waals surface area contributed by atoms with Crippen LogP contribution in [0.25, 0.3) is 11.1 Å². The van der Waals surface area contributed by atoms with Crippen LogP contribution in [-0.4, -0.2) is 42.5 Å². The van der Waals surface area contributed by atoms with Crippen molar-refractivity contribution in [3.63, 3.8) is 0 Å². The Morgan fingerprint density at radius 1 is 1.00 bits per heavy atom. The van der Waals surface area contributed by atoms with Gasteiger partial charge >= 0.3 is 0 Å². The van der Waals surface area contributed by atoms with E-state index in [0.29, 0.717) is 13.2 Å². The van der Waals surface area contributed by atoms with Gasteiger partial charge in [0.05, 0.1) is 18.8 Å². The zero-order valence-electron chi connectivity index (χ0n) is 15.0. The number of nitrogens with zero attached hydrogens (tertiary/aromatic N) is 1. The van der Waals surface area contributed by atoms with Gasteiger partial charge in [-0.05, 0) is 36.7 Å². The van der Waals surface area contributed by atoms with Crippen LogP contribution in [0.5, 0.6) is 0 Å². The molecular formula is C21H26NO2P. The standard InChI is InChI=1S/C21H26NO2P/c1-21(2,22-11-13-24-14-12-22)20(23)19-9-7-18(8-10-19)17-5-3-16(15-25)4-6-17/h3-10H,11-15,25H2,1-2H3. The summed E-state index contributed by atoms with van der Waals surface area (Å²) in [6.07, 6.45) is 0.963. The van der Waals surface area contributed by atoms with Crippen LogP contribution in [-0.2, 0) is 10.9 Å². The molecule has 1 atom stereocenters. The molecule has 0 saturated carbocycles. The summed E-state index contributed by atoms with van der Waals surface area (Å²) in [7, 11) is 2.74. The molecule has 0 N–H and O–H groups in total. The first-order valence-corrected chi connectivity index (χ1v) is 9.61. The molecule has 2 aromatic rings. The summed E-state index contributed by atoms with van der Waals surface area (Å²) in [4.78, 5) is 15.2. The molecule has 4 heteroatoms. The molecule has 0 bridgehead atoms. The van der Waals surface area contributed by atoms with E-state index in [1.807, 2.05) is 38.1 Å². The van der Waals surface area contributed by atoms with Crippen molar-refractivity contribution in [2.75, 3.05) is 26.3 Å². The zero-order valence-corrected chi connectivity index (χ0v) is 16.2. The average Bonchev–Trinajstić information content (AvgIpc) is 2.68. The summed E-state index contributed by atoms with van der Waals surface area (Å²) < 4.78 is 5.41. The van der Waals surface area contributed by atoms with E-state index >= 15 is 0 Å². The van der Waals surface area contributed by atoms with Crippen LogP contribution < -0.4 is 0 Å². The maximum atomic E-state index is 13.0. The molecule has 1 unspecified atom stereocenters. The zero-order chi connectivity index (χ0) is 17.9. The van der Waals surface area contributed by atoms with Gasteiger partial charge in [-0.3, -0.25) is 9.69 Å². The molecule has 3 nitrogen and oxygen atoms in total. The van der Waals surface area contributed by atoms with Crippen LogP contribution >= 0.6 is 9.24 Å². The third-order valence-electron chi connectivity index (χ3n) is 5.03. The van der Waals surface area contributed by atoms with Gasteiger partial charge in [0.15, 0.2) is 5.78 Å². The smallest absolute Gasteiger partial charge is 0.182 e. The summed E-state index contributed by atoms with van der Waals surface area (Å²) in [5.74, 6) is 0.166. The van der Waals surface area contributed by atoms with Crippen LogP contribution in [0.4, 0.5) is 0 Å². The van der Waals surface area contributed by atoms with Crippen molar-refractivity contribution in [1.82, 2.24) is 4.90 Å². The lowest BCUT2D eigenvalue weighted by molar-refractivity contribution is -0.00429. The van der Waals surface area contributed by atoms with E-state index in [2.05, 4.69) is 38.4 Å². The van der Waals surface area contributed by atoms with Crippen molar-refractivity contribution < 1.29 is 9.53 Å². The second-order valence-corrected chi connectivity index (χ2v) is 7.37. The molecule has 132 valence electrons. The lowest BCUT2D eigenvalue weighted by Gasteiger charge is -2.39. The van der Waals surface area contributed by atoms with Gasteiger partial charge in [0, 0.05) is 18.7 Å². The van der Waals surface area contributed by atoms with Crippen LogP contribution in [0, 0.1) is 0 Å². The number of hydrogen-bond donors (Lipinski definition) is 0. The van der Waals surface area contributed by atoms with Gasteiger partial charge in [0.2, 0.25) is 0 Å². The third-order valence-corrected chi connectivity index (χ3v) is 5.50. The summed E-state index contributed by atoms with van der Waals surface area (Å²) in [6.45, 7) is 7.02. The molecule has 0 aromatic heterocycles. The largest absolute Gasteiger partial charge is 0.379 e. The number of ketones is 1. The Hall–Kier alpha value is -1.54. The number of hydrogen-bond acceptors (Lipinski definition) is 3. The Morgan fingerprint density at radius 3 is 2.04 bits per heavy atom. The number of Topliss-reactive ketones (excluding diaryl/α,β-unsaturated/α-hetero) is 1. The highest BCUT2D eigenvalue weighted by molar-refractivity contribution is 7.15. The molecular weight excluding hydrogens is 329 g/mol. The number of morpholine rings is 1. The van der Waals surface area contributed by atoms with Gasteiger partial charge < -0.3 is 4.74 Å². The van der Waals surface area contributed by atoms with E-state index in [9.17, 15) is 4.79 Å². The lowest BCUT2D eigenvalue weighted by Crippen LogP contribution is -2.54. The molecule has 0 spiro atoms. The van der Waals surface area contributed by atoms with E-state index in [4.69, 9.17) is 4.74 Å². The SMILES string of the molecule is CC(C)(C(=O)c1ccc(-c2ccc(CP)cc2)cc1)N1CCOCC1. The Bertz CT molecular complexity index is 717. The first-order valence-electron chi connectivity index (χ1n) is 8.79. The van der Waals surface area contributed by atoms with Gasteiger partial charge in [-0.15, -0.1) is 9.24 Å². The van der Waals surface area contributed by atoms with Crippen molar-refractivity contribution in [2.45, 2.75) is 25.5 Å². The molecule has 1 heterocycles. The fourth-order valence-corrected chi connectivity index (χ4v) is 3.54. The predicted octanol–water partition coefficient (Wildman–Crippen LogP) is 4.02. The molecule has 0 amide bonds. The summed E-state index contributed by atoms with van der Waals surface area (Å²) >= 11 is 0. The summed E-state index contributed by atoms with van der Waals surface area (Å²) in [5, 5.41) is 0.